The lowest BCUT2D eigenvalue weighted by Gasteiger charge is -2.33. The van der Waals surface area contributed by atoms with E-state index in [-0.39, 0.29) is 6.04 Å². The molecular formula is C21H24N4O. The summed E-state index contributed by atoms with van der Waals surface area (Å²) in [5.74, 6) is 0. The van der Waals surface area contributed by atoms with Gasteiger partial charge in [-0.2, -0.15) is 5.10 Å². The van der Waals surface area contributed by atoms with Crippen molar-refractivity contribution in [3.8, 4) is 0 Å². The third-order valence-corrected chi connectivity index (χ3v) is 4.84. The van der Waals surface area contributed by atoms with Crippen LogP contribution in [0.5, 0.6) is 0 Å². The molecule has 5 nitrogen and oxygen atoms in total. The van der Waals surface area contributed by atoms with Crippen LogP contribution in [0.2, 0.25) is 0 Å². The Labute approximate surface area is 154 Å². The van der Waals surface area contributed by atoms with E-state index in [4.69, 9.17) is 4.74 Å². The first-order valence-corrected chi connectivity index (χ1v) is 9.14. The number of aromatic nitrogens is 3. The minimum absolute atomic E-state index is 0.256. The number of benzene rings is 1. The molecule has 1 atom stereocenters. The number of rotatable bonds is 7. The van der Waals surface area contributed by atoms with Crippen LogP contribution in [0, 0.1) is 0 Å². The van der Waals surface area contributed by atoms with Gasteiger partial charge in [0.05, 0.1) is 24.9 Å². The second-order valence-electron chi connectivity index (χ2n) is 6.76. The third-order valence-electron chi connectivity index (χ3n) is 4.84. The highest BCUT2D eigenvalue weighted by Crippen LogP contribution is 2.21. The quantitative estimate of drug-likeness (QED) is 0.658. The van der Waals surface area contributed by atoms with Crippen molar-refractivity contribution in [2.75, 3.05) is 19.7 Å². The maximum atomic E-state index is 5.98. The van der Waals surface area contributed by atoms with Gasteiger partial charge < -0.3 is 4.74 Å². The van der Waals surface area contributed by atoms with E-state index < -0.39 is 0 Å². The predicted octanol–water partition coefficient (Wildman–Crippen LogP) is 3.09. The van der Waals surface area contributed by atoms with E-state index in [1.165, 1.54) is 11.3 Å². The van der Waals surface area contributed by atoms with Crippen LogP contribution in [0.4, 0.5) is 0 Å². The summed E-state index contributed by atoms with van der Waals surface area (Å²) in [6.45, 7) is 4.25. The first kappa shape index (κ1) is 16.9. The van der Waals surface area contributed by atoms with Gasteiger partial charge in [-0.15, -0.1) is 0 Å². The highest BCUT2D eigenvalue weighted by atomic mass is 16.5. The fourth-order valence-corrected chi connectivity index (χ4v) is 3.48. The number of pyridine rings is 1. The molecule has 3 aromatic rings. The van der Waals surface area contributed by atoms with Gasteiger partial charge >= 0.3 is 0 Å². The van der Waals surface area contributed by atoms with E-state index in [0.29, 0.717) is 13.2 Å². The Morgan fingerprint density at radius 3 is 2.65 bits per heavy atom. The SMILES string of the molecule is c1ccc(CCN2Cc3ccnn3C(COCc3ccncc3)C2)cc1. The zero-order valence-corrected chi connectivity index (χ0v) is 14.9. The van der Waals surface area contributed by atoms with Gasteiger partial charge in [-0.1, -0.05) is 30.3 Å². The molecule has 134 valence electrons. The predicted molar refractivity (Wildman–Crippen MR) is 101 cm³/mol. The topological polar surface area (TPSA) is 43.2 Å². The van der Waals surface area contributed by atoms with Crippen molar-refractivity contribution in [2.45, 2.75) is 25.6 Å². The molecule has 0 saturated heterocycles. The minimum atomic E-state index is 0.256. The van der Waals surface area contributed by atoms with Crippen LogP contribution in [-0.2, 0) is 24.3 Å². The summed E-state index contributed by atoms with van der Waals surface area (Å²) in [7, 11) is 0. The summed E-state index contributed by atoms with van der Waals surface area (Å²) < 4.78 is 8.11. The molecule has 3 heterocycles. The molecule has 1 aliphatic heterocycles. The van der Waals surface area contributed by atoms with Crippen LogP contribution in [-0.4, -0.2) is 39.4 Å². The van der Waals surface area contributed by atoms with Gasteiger partial charge in [-0.05, 0) is 35.7 Å². The second-order valence-corrected chi connectivity index (χ2v) is 6.76. The molecule has 2 aromatic heterocycles. The Bertz CT molecular complexity index is 803. The molecule has 1 unspecified atom stereocenters. The summed E-state index contributed by atoms with van der Waals surface area (Å²) in [4.78, 5) is 6.55. The average Bonchev–Trinajstić information content (AvgIpc) is 3.17. The molecule has 0 bridgehead atoms. The van der Waals surface area contributed by atoms with E-state index >= 15 is 0 Å². The second kappa shape index (κ2) is 8.25. The van der Waals surface area contributed by atoms with Crippen LogP contribution in [0.25, 0.3) is 0 Å². The van der Waals surface area contributed by atoms with Crippen molar-refractivity contribution in [1.82, 2.24) is 19.7 Å². The van der Waals surface area contributed by atoms with Crippen LogP contribution >= 0.6 is 0 Å². The summed E-state index contributed by atoms with van der Waals surface area (Å²) in [6.07, 6.45) is 6.57. The molecule has 5 heteroatoms. The zero-order chi connectivity index (χ0) is 17.6. The molecule has 0 radical (unpaired) electrons. The van der Waals surface area contributed by atoms with Gasteiger partial charge in [-0.25, -0.2) is 0 Å². The molecule has 4 rings (SSSR count). The van der Waals surface area contributed by atoms with Gasteiger partial charge in [0.2, 0.25) is 0 Å². The Balaban J connectivity index is 1.35. The molecule has 0 spiro atoms. The smallest absolute Gasteiger partial charge is 0.0883 e. The minimum Gasteiger partial charge on any atom is -0.374 e. The van der Waals surface area contributed by atoms with Crippen LogP contribution in [0.3, 0.4) is 0 Å². The fourth-order valence-electron chi connectivity index (χ4n) is 3.48. The highest BCUT2D eigenvalue weighted by Gasteiger charge is 2.25. The number of hydrogen-bond acceptors (Lipinski definition) is 4. The molecular weight excluding hydrogens is 324 g/mol. The lowest BCUT2D eigenvalue weighted by atomic mass is 10.1. The average molecular weight is 348 g/mol. The zero-order valence-electron chi connectivity index (χ0n) is 14.9. The molecule has 1 aromatic carbocycles. The van der Waals surface area contributed by atoms with E-state index in [1.807, 2.05) is 18.3 Å². The third kappa shape index (κ3) is 4.18. The molecule has 0 saturated carbocycles. The molecule has 26 heavy (non-hydrogen) atoms. The van der Waals surface area contributed by atoms with E-state index in [1.54, 1.807) is 12.4 Å². The first-order valence-electron chi connectivity index (χ1n) is 9.14. The van der Waals surface area contributed by atoms with Gasteiger partial charge in [-0.3, -0.25) is 14.6 Å². The standard InChI is InChI=1S/C21H24N4O/c1-2-4-18(5-3-1)9-13-24-14-20-8-12-23-25(20)21(15-24)17-26-16-19-6-10-22-11-7-19/h1-8,10-12,21H,9,13-17H2. The van der Waals surface area contributed by atoms with Crippen molar-refractivity contribution in [2.24, 2.45) is 0 Å². The van der Waals surface area contributed by atoms with Crippen LogP contribution in [0.15, 0.2) is 67.1 Å². The molecule has 1 aliphatic rings. The number of fused-ring (bicyclic) bond motifs is 1. The monoisotopic (exact) mass is 348 g/mol. The lowest BCUT2D eigenvalue weighted by Crippen LogP contribution is -2.40. The van der Waals surface area contributed by atoms with Crippen molar-refractivity contribution in [3.63, 3.8) is 0 Å². The number of ether oxygens (including phenoxy) is 1. The first-order chi connectivity index (χ1) is 12.9. The maximum Gasteiger partial charge on any atom is 0.0883 e. The van der Waals surface area contributed by atoms with Crippen LogP contribution in [0.1, 0.15) is 22.9 Å². The molecule has 0 aliphatic carbocycles. The normalized spacial score (nSPS) is 17.2. The van der Waals surface area contributed by atoms with Gasteiger partial charge in [0.1, 0.15) is 0 Å². The summed E-state index contributed by atoms with van der Waals surface area (Å²) >= 11 is 0. The highest BCUT2D eigenvalue weighted by molar-refractivity contribution is 5.15. The molecule has 0 amide bonds. The summed E-state index contributed by atoms with van der Waals surface area (Å²) in [5, 5.41) is 4.52. The van der Waals surface area contributed by atoms with Crippen molar-refractivity contribution in [3.05, 3.63) is 83.9 Å². The summed E-state index contributed by atoms with van der Waals surface area (Å²) in [5.41, 5.74) is 3.80. The Kier molecular flexibility index (Phi) is 5.38. The largest absolute Gasteiger partial charge is 0.374 e. The van der Waals surface area contributed by atoms with Crippen molar-refractivity contribution >= 4 is 0 Å². The molecule has 0 fully saturated rings. The van der Waals surface area contributed by atoms with Crippen molar-refractivity contribution in [1.29, 1.82) is 0 Å². The van der Waals surface area contributed by atoms with E-state index in [9.17, 15) is 0 Å². The number of hydrogen-bond donors (Lipinski definition) is 0. The fraction of sp³-hybridized carbons (Fsp3) is 0.333. The lowest BCUT2D eigenvalue weighted by molar-refractivity contribution is 0.0556. The maximum absolute atomic E-state index is 5.98. The van der Waals surface area contributed by atoms with E-state index in [2.05, 4.69) is 56.1 Å². The van der Waals surface area contributed by atoms with Crippen LogP contribution < -0.4 is 0 Å². The molecule has 0 N–H and O–H groups in total. The van der Waals surface area contributed by atoms with Gasteiger partial charge in [0.15, 0.2) is 0 Å². The Morgan fingerprint density at radius 2 is 1.81 bits per heavy atom. The van der Waals surface area contributed by atoms with Gasteiger partial charge in [0.25, 0.3) is 0 Å². The van der Waals surface area contributed by atoms with Crippen molar-refractivity contribution < 1.29 is 4.74 Å². The Morgan fingerprint density at radius 1 is 0.962 bits per heavy atom. The number of nitrogens with zero attached hydrogens (tertiary/aromatic N) is 4. The summed E-state index contributed by atoms with van der Waals surface area (Å²) in [6, 6.07) is 17.0. The van der Waals surface area contributed by atoms with E-state index in [0.717, 1.165) is 31.6 Å². The van der Waals surface area contributed by atoms with Gasteiger partial charge in [0, 0.05) is 38.2 Å². The Hall–Kier alpha value is -2.50.